The zero-order chi connectivity index (χ0) is 12.9. The molecule has 0 spiro atoms. The SMILES string of the molecule is CCc1ccc(CN(C)C(C)(CC)CN)cc1. The Kier molecular flexibility index (Phi) is 5.16. The van der Waals surface area contributed by atoms with E-state index in [9.17, 15) is 0 Å². The standard InChI is InChI=1S/C15H26N2/c1-5-13-7-9-14(10-8-13)11-17(4)15(3,6-2)12-16/h7-10H,5-6,11-12,16H2,1-4H3. The molecule has 1 aromatic rings. The van der Waals surface area contributed by atoms with Crippen LogP contribution in [0.3, 0.4) is 0 Å². The van der Waals surface area contributed by atoms with E-state index in [0.717, 1.165) is 19.4 Å². The molecule has 0 saturated heterocycles. The Balaban J connectivity index is 2.69. The largest absolute Gasteiger partial charge is 0.329 e. The van der Waals surface area contributed by atoms with E-state index in [1.807, 2.05) is 0 Å². The van der Waals surface area contributed by atoms with Crippen LogP contribution in [0.2, 0.25) is 0 Å². The van der Waals surface area contributed by atoms with Gasteiger partial charge in [-0.3, -0.25) is 4.90 Å². The number of rotatable bonds is 6. The van der Waals surface area contributed by atoms with Gasteiger partial charge in [-0.2, -0.15) is 0 Å². The summed E-state index contributed by atoms with van der Waals surface area (Å²) >= 11 is 0. The van der Waals surface area contributed by atoms with E-state index in [0.29, 0.717) is 6.54 Å². The Labute approximate surface area is 106 Å². The molecule has 0 aliphatic carbocycles. The van der Waals surface area contributed by atoms with Gasteiger partial charge in [-0.05, 0) is 37.9 Å². The zero-order valence-corrected chi connectivity index (χ0v) is 11.7. The number of likely N-dealkylation sites (N-methyl/N-ethyl adjacent to an activating group) is 1. The predicted octanol–water partition coefficient (Wildman–Crippen LogP) is 2.81. The average Bonchev–Trinajstić information content (AvgIpc) is 2.38. The minimum atomic E-state index is 0.101. The van der Waals surface area contributed by atoms with Crippen LogP contribution >= 0.6 is 0 Å². The third-order valence-corrected chi connectivity index (χ3v) is 3.97. The number of benzene rings is 1. The van der Waals surface area contributed by atoms with Gasteiger partial charge in [-0.25, -0.2) is 0 Å². The smallest absolute Gasteiger partial charge is 0.0301 e. The molecule has 17 heavy (non-hydrogen) atoms. The van der Waals surface area contributed by atoms with E-state index in [1.165, 1.54) is 11.1 Å². The van der Waals surface area contributed by atoms with Crippen molar-refractivity contribution in [2.45, 2.75) is 45.7 Å². The first-order valence-electron chi connectivity index (χ1n) is 6.55. The van der Waals surface area contributed by atoms with Gasteiger partial charge in [-0.15, -0.1) is 0 Å². The van der Waals surface area contributed by atoms with Crippen molar-refractivity contribution >= 4 is 0 Å². The maximum Gasteiger partial charge on any atom is 0.0301 e. The lowest BCUT2D eigenvalue weighted by Gasteiger charge is -2.37. The number of hydrogen-bond donors (Lipinski definition) is 1. The van der Waals surface area contributed by atoms with Gasteiger partial charge in [0.1, 0.15) is 0 Å². The van der Waals surface area contributed by atoms with E-state index in [1.54, 1.807) is 0 Å². The van der Waals surface area contributed by atoms with Crippen LogP contribution in [0.15, 0.2) is 24.3 Å². The fourth-order valence-corrected chi connectivity index (χ4v) is 1.92. The van der Waals surface area contributed by atoms with Crippen molar-refractivity contribution in [3.63, 3.8) is 0 Å². The summed E-state index contributed by atoms with van der Waals surface area (Å²) in [4.78, 5) is 2.36. The van der Waals surface area contributed by atoms with Gasteiger partial charge in [0.05, 0.1) is 0 Å². The number of hydrogen-bond acceptors (Lipinski definition) is 2. The molecule has 1 atom stereocenters. The molecule has 0 aliphatic heterocycles. The van der Waals surface area contributed by atoms with Crippen LogP contribution in [0, 0.1) is 0 Å². The second kappa shape index (κ2) is 6.18. The molecule has 0 aromatic heterocycles. The molecule has 0 aliphatic rings. The fraction of sp³-hybridized carbons (Fsp3) is 0.600. The first-order chi connectivity index (χ1) is 8.05. The Morgan fingerprint density at radius 2 is 1.65 bits per heavy atom. The normalized spacial score (nSPS) is 14.9. The molecule has 0 heterocycles. The molecule has 0 amide bonds. The van der Waals surface area contributed by atoms with E-state index in [-0.39, 0.29) is 5.54 Å². The topological polar surface area (TPSA) is 29.3 Å². The Morgan fingerprint density at radius 1 is 1.12 bits per heavy atom. The van der Waals surface area contributed by atoms with Crippen molar-refractivity contribution in [1.82, 2.24) is 4.90 Å². The summed E-state index contributed by atoms with van der Waals surface area (Å²) in [5.41, 5.74) is 8.73. The quantitative estimate of drug-likeness (QED) is 0.820. The van der Waals surface area contributed by atoms with Gasteiger partial charge in [0, 0.05) is 18.6 Å². The highest BCUT2D eigenvalue weighted by Crippen LogP contribution is 2.19. The summed E-state index contributed by atoms with van der Waals surface area (Å²) < 4.78 is 0. The third kappa shape index (κ3) is 3.55. The molecular formula is C15H26N2. The van der Waals surface area contributed by atoms with Crippen LogP contribution in [0.4, 0.5) is 0 Å². The number of nitrogens with two attached hydrogens (primary N) is 1. The molecule has 0 saturated carbocycles. The van der Waals surface area contributed by atoms with Crippen LogP contribution in [0.5, 0.6) is 0 Å². The lowest BCUT2D eigenvalue weighted by Crippen LogP contribution is -2.48. The van der Waals surface area contributed by atoms with E-state index in [2.05, 4.69) is 57.0 Å². The molecule has 0 bridgehead atoms. The second-order valence-corrected chi connectivity index (χ2v) is 5.08. The molecule has 2 heteroatoms. The van der Waals surface area contributed by atoms with Gasteiger partial charge < -0.3 is 5.73 Å². The minimum Gasteiger partial charge on any atom is -0.329 e. The number of aryl methyl sites for hydroxylation is 1. The average molecular weight is 234 g/mol. The first-order valence-corrected chi connectivity index (χ1v) is 6.55. The maximum atomic E-state index is 5.88. The van der Waals surface area contributed by atoms with Crippen molar-refractivity contribution in [3.8, 4) is 0 Å². The molecule has 96 valence electrons. The second-order valence-electron chi connectivity index (χ2n) is 5.08. The van der Waals surface area contributed by atoms with E-state index >= 15 is 0 Å². The highest BCUT2D eigenvalue weighted by atomic mass is 15.2. The summed E-state index contributed by atoms with van der Waals surface area (Å²) in [5.74, 6) is 0. The summed E-state index contributed by atoms with van der Waals surface area (Å²) in [6.45, 7) is 8.28. The van der Waals surface area contributed by atoms with Crippen LogP contribution < -0.4 is 5.73 Å². The molecule has 1 unspecified atom stereocenters. The van der Waals surface area contributed by atoms with Gasteiger partial charge in [0.25, 0.3) is 0 Å². The highest BCUT2D eigenvalue weighted by Gasteiger charge is 2.25. The summed E-state index contributed by atoms with van der Waals surface area (Å²) in [6, 6.07) is 8.88. The molecule has 0 fully saturated rings. The van der Waals surface area contributed by atoms with Crippen LogP contribution in [-0.2, 0) is 13.0 Å². The van der Waals surface area contributed by atoms with Crippen molar-refractivity contribution in [2.24, 2.45) is 5.73 Å². The molecular weight excluding hydrogens is 208 g/mol. The first kappa shape index (κ1) is 14.2. The molecule has 0 radical (unpaired) electrons. The molecule has 2 nitrogen and oxygen atoms in total. The highest BCUT2D eigenvalue weighted by molar-refractivity contribution is 5.22. The lowest BCUT2D eigenvalue weighted by molar-refractivity contribution is 0.131. The monoisotopic (exact) mass is 234 g/mol. The Bertz CT molecular complexity index is 325. The van der Waals surface area contributed by atoms with Crippen LogP contribution in [-0.4, -0.2) is 24.0 Å². The van der Waals surface area contributed by atoms with Gasteiger partial charge in [0.2, 0.25) is 0 Å². The van der Waals surface area contributed by atoms with Crippen molar-refractivity contribution < 1.29 is 0 Å². The molecule has 1 rings (SSSR count). The van der Waals surface area contributed by atoms with Crippen molar-refractivity contribution in [2.75, 3.05) is 13.6 Å². The molecule has 1 aromatic carbocycles. The van der Waals surface area contributed by atoms with Gasteiger partial charge >= 0.3 is 0 Å². The predicted molar refractivity (Wildman–Crippen MR) is 75.0 cm³/mol. The molecule has 2 N–H and O–H groups in total. The summed E-state index contributed by atoms with van der Waals surface area (Å²) in [5, 5.41) is 0. The van der Waals surface area contributed by atoms with Crippen molar-refractivity contribution in [1.29, 1.82) is 0 Å². The van der Waals surface area contributed by atoms with Gasteiger partial charge in [0.15, 0.2) is 0 Å². The van der Waals surface area contributed by atoms with Crippen LogP contribution in [0.1, 0.15) is 38.3 Å². The summed E-state index contributed by atoms with van der Waals surface area (Å²) in [6.07, 6.45) is 2.18. The van der Waals surface area contributed by atoms with Gasteiger partial charge in [-0.1, -0.05) is 38.1 Å². The third-order valence-electron chi connectivity index (χ3n) is 3.97. The number of nitrogens with zero attached hydrogens (tertiary/aromatic N) is 1. The zero-order valence-electron chi connectivity index (χ0n) is 11.7. The maximum absolute atomic E-state index is 5.88. The van der Waals surface area contributed by atoms with E-state index < -0.39 is 0 Å². The Morgan fingerprint density at radius 3 is 2.06 bits per heavy atom. The minimum absolute atomic E-state index is 0.101. The fourth-order valence-electron chi connectivity index (χ4n) is 1.92. The lowest BCUT2D eigenvalue weighted by atomic mass is 9.96. The van der Waals surface area contributed by atoms with E-state index in [4.69, 9.17) is 5.73 Å². The van der Waals surface area contributed by atoms with Crippen LogP contribution in [0.25, 0.3) is 0 Å². The van der Waals surface area contributed by atoms with Crippen molar-refractivity contribution in [3.05, 3.63) is 35.4 Å². The Hall–Kier alpha value is -0.860. The summed E-state index contributed by atoms with van der Waals surface area (Å²) in [7, 11) is 2.16.